The topological polar surface area (TPSA) is 58.4 Å². The normalized spacial score (nSPS) is 9.61. The highest BCUT2D eigenvalue weighted by Gasteiger charge is 2.04. The van der Waals surface area contributed by atoms with Crippen molar-refractivity contribution in [3.05, 3.63) is 23.5 Å². The zero-order valence-corrected chi connectivity index (χ0v) is 12.3. The number of carbonyl (C=O) groups excluding carboxylic acids is 1. The van der Waals surface area contributed by atoms with Crippen molar-refractivity contribution >= 4 is 47.0 Å². The van der Waals surface area contributed by atoms with Crippen LogP contribution in [0.1, 0.15) is 12.1 Å². The molecule has 0 aliphatic rings. The molecule has 0 spiro atoms. The number of imidazole rings is 1. The molecule has 0 saturated carbocycles. The number of nitrogens with zero attached hydrogens (tertiary/aromatic N) is 2. The fourth-order valence-electron chi connectivity index (χ4n) is 1.38. The molecule has 102 valence electrons. The summed E-state index contributed by atoms with van der Waals surface area (Å²) in [7, 11) is 1.83. The van der Waals surface area contributed by atoms with Gasteiger partial charge in [-0.15, -0.1) is 36.2 Å². The third-order valence-corrected chi connectivity index (χ3v) is 2.98. The highest BCUT2D eigenvalue weighted by atomic mass is 35.5. The molecule has 5 nitrogen and oxygen atoms in total. The van der Waals surface area contributed by atoms with Gasteiger partial charge in [0.25, 0.3) is 0 Å². The Morgan fingerprint density at radius 1 is 1.50 bits per heavy atom. The molecular weight excluding hydrogens is 295 g/mol. The molecule has 0 aromatic carbocycles. The average molecular weight is 311 g/mol. The molecular formula is C10H16Cl2N4OS. The Hall–Kier alpha value is -0.820. The summed E-state index contributed by atoms with van der Waals surface area (Å²) in [5.41, 5.74) is 0.893. The number of amides is 1. The van der Waals surface area contributed by atoms with Crippen LogP contribution in [0.5, 0.6) is 0 Å². The van der Waals surface area contributed by atoms with Crippen LogP contribution in [0.15, 0.2) is 17.8 Å². The first kappa shape index (κ1) is 17.2. The number of fused-ring (bicyclic) bond motifs is 1. The Labute approximate surface area is 122 Å². The van der Waals surface area contributed by atoms with Crippen LogP contribution in [0.2, 0.25) is 0 Å². The average Bonchev–Trinajstić information content (AvgIpc) is 2.83. The zero-order chi connectivity index (χ0) is 11.4. The molecule has 0 bridgehead atoms. The number of hydrogen-bond acceptors (Lipinski definition) is 4. The molecule has 2 N–H and O–H groups in total. The van der Waals surface area contributed by atoms with Gasteiger partial charge in [0, 0.05) is 30.7 Å². The maximum atomic E-state index is 11.3. The van der Waals surface area contributed by atoms with Crippen molar-refractivity contribution in [2.24, 2.45) is 0 Å². The minimum Gasteiger partial charge on any atom is -0.350 e. The van der Waals surface area contributed by atoms with Gasteiger partial charge in [0.15, 0.2) is 4.96 Å². The van der Waals surface area contributed by atoms with Crippen molar-refractivity contribution in [1.82, 2.24) is 20.0 Å². The Morgan fingerprint density at radius 3 is 2.94 bits per heavy atom. The summed E-state index contributed by atoms with van der Waals surface area (Å²) in [5.74, 6) is 0.0469. The minimum atomic E-state index is 0. The van der Waals surface area contributed by atoms with Crippen LogP contribution in [0, 0.1) is 0 Å². The third kappa shape index (κ3) is 4.45. The molecule has 0 unspecified atom stereocenters. The maximum absolute atomic E-state index is 11.3. The number of carbonyl (C=O) groups is 1. The van der Waals surface area contributed by atoms with Gasteiger partial charge in [0.1, 0.15) is 0 Å². The lowest BCUT2D eigenvalue weighted by Gasteiger charge is -2.01. The zero-order valence-electron chi connectivity index (χ0n) is 9.88. The summed E-state index contributed by atoms with van der Waals surface area (Å²) in [5, 5.41) is 7.75. The second-order valence-electron chi connectivity index (χ2n) is 3.46. The molecule has 2 aromatic rings. The van der Waals surface area contributed by atoms with Crippen LogP contribution in [-0.4, -0.2) is 28.9 Å². The summed E-state index contributed by atoms with van der Waals surface area (Å²) in [6.07, 6.45) is 4.39. The van der Waals surface area contributed by atoms with E-state index in [2.05, 4.69) is 15.6 Å². The predicted molar refractivity (Wildman–Crippen MR) is 78.0 cm³/mol. The molecule has 8 heteroatoms. The molecule has 2 aromatic heterocycles. The SMILES string of the molecule is CNCCC(=O)NCc1cn2ccsc2n1.Cl.Cl. The number of halogens is 2. The number of nitrogens with one attached hydrogen (secondary N) is 2. The van der Waals surface area contributed by atoms with E-state index in [1.54, 1.807) is 11.3 Å². The van der Waals surface area contributed by atoms with Gasteiger partial charge in [-0.25, -0.2) is 4.98 Å². The van der Waals surface area contributed by atoms with Crippen molar-refractivity contribution < 1.29 is 4.79 Å². The lowest BCUT2D eigenvalue weighted by atomic mass is 10.4. The fourth-order valence-corrected chi connectivity index (χ4v) is 2.10. The summed E-state index contributed by atoms with van der Waals surface area (Å²) in [4.78, 5) is 16.7. The molecule has 0 radical (unpaired) electrons. The van der Waals surface area contributed by atoms with E-state index in [-0.39, 0.29) is 30.7 Å². The van der Waals surface area contributed by atoms with Crippen LogP contribution < -0.4 is 10.6 Å². The molecule has 0 saturated heterocycles. The van der Waals surface area contributed by atoms with Gasteiger partial charge >= 0.3 is 0 Å². The van der Waals surface area contributed by atoms with Gasteiger partial charge in [0.2, 0.25) is 5.91 Å². The number of rotatable bonds is 5. The Bertz CT molecular complexity index is 456. The van der Waals surface area contributed by atoms with Crippen LogP contribution in [0.25, 0.3) is 4.96 Å². The highest BCUT2D eigenvalue weighted by Crippen LogP contribution is 2.10. The number of thiazole rings is 1. The summed E-state index contributed by atoms with van der Waals surface area (Å²) in [6.45, 7) is 1.20. The van der Waals surface area contributed by atoms with E-state index in [1.165, 1.54) is 0 Å². The van der Waals surface area contributed by atoms with Gasteiger partial charge in [-0.2, -0.15) is 0 Å². The van der Waals surface area contributed by atoms with Crippen LogP contribution in [0.4, 0.5) is 0 Å². The molecule has 0 aliphatic carbocycles. The molecule has 0 fully saturated rings. The van der Waals surface area contributed by atoms with E-state index in [0.717, 1.165) is 10.7 Å². The lowest BCUT2D eigenvalue weighted by molar-refractivity contribution is -0.121. The van der Waals surface area contributed by atoms with Gasteiger partial charge in [-0.05, 0) is 7.05 Å². The van der Waals surface area contributed by atoms with Crippen molar-refractivity contribution in [2.75, 3.05) is 13.6 Å². The second-order valence-corrected chi connectivity index (χ2v) is 4.33. The summed E-state index contributed by atoms with van der Waals surface area (Å²) < 4.78 is 1.96. The minimum absolute atomic E-state index is 0. The smallest absolute Gasteiger partial charge is 0.221 e. The first-order valence-electron chi connectivity index (χ1n) is 5.12. The van der Waals surface area contributed by atoms with E-state index in [4.69, 9.17) is 0 Å². The van der Waals surface area contributed by atoms with Gasteiger partial charge in [-0.1, -0.05) is 0 Å². The summed E-state index contributed by atoms with van der Waals surface area (Å²) in [6, 6.07) is 0. The quantitative estimate of drug-likeness (QED) is 0.879. The van der Waals surface area contributed by atoms with E-state index < -0.39 is 0 Å². The Balaban J connectivity index is 0.00000144. The molecule has 2 rings (SSSR count). The van der Waals surface area contributed by atoms with E-state index in [0.29, 0.717) is 19.5 Å². The lowest BCUT2D eigenvalue weighted by Crippen LogP contribution is -2.26. The van der Waals surface area contributed by atoms with Gasteiger partial charge in [0.05, 0.1) is 12.2 Å². The highest BCUT2D eigenvalue weighted by molar-refractivity contribution is 7.15. The molecule has 2 heterocycles. The van der Waals surface area contributed by atoms with E-state index in [9.17, 15) is 4.79 Å². The van der Waals surface area contributed by atoms with Crippen molar-refractivity contribution in [2.45, 2.75) is 13.0 Å². The third-order valence-electron chi connectivity index (χ3n) is 2.21. The van der Waals surface area contributed by atoms with Gasteiger partial charge < -0.3 is 10.6 Å². The number of aromatic nitrogens is 2. The molecule has 0 aliphatic heterocycles. The van der Waals surface area contributed by atoms with Crippen molar-refractivity contribution in [3.8, 4) is 0 Å². The Kier molecular flexibility index (Phi) is 7.93. The van der Waals surface area contributed by atoms with Crippen LogP contribution in [0.3, 0.4) is 0 Å². The number of hydrogen-bond donors (Lipinski definition) is 2. The van der Waals surface area contributed by atoms with Crippen LogP contribution in [-0.2, 0) is 11.3 Å². The second kappa shape index (κ2) is 8.31. The van der Waals surface area contributed by atoms with Gasteiger partial charge in [-0.3, -0.25) is 9.20 Å². The monoisotopic (exact) mass is 310 g/mol. The van der Waals surface area contributed by atoms with E-state index >= 15 is 0 Å². The molecule has 0 atom stereocenters. The first-order chi connectivity index (χ1) is 7.79. The van der Waals surface area contributed by atoms with Crippen molar-refractivity contribution in [1.29, 1.82) is 0 Å². The van der Waals surface area contributed by atoms with Crippen molar-refractivity contribution in [3.63, 3.8) is 0 Å². The summed E-state index contributed by atoms with van der Waals surface area (Å²) >= 11 is 1.59. The predicted octanol–water partition coefficient (Wildman–Crippen LogP) is 1.47. The maximum Gasteiger partial charge on any atom is 0.221 e. The largest absolute Gasteiger partial charge is 0.350 e. The Morgan fingerprint density at radius 2 is 2.28 bits per heavy atom. The van der Waals surface area contributed by atoms with E-state index in [1.807, 2.05) is 29.2 Å². The fraction of sp³-hybridized carbons (Fsp3) is 0.400. The van der Waals surface area contributed by atoms with Crippen LogP contribution >= 0.6 is 36.2 Å². The standard InChI is InChI=1S/C10H14N4OS.2ClH/c1-11-3-2-9(15)12-6-8-7-14-4-5-16-10(14)13-8;;/h4-5,7,11H,2-3,6H2,1H3,(H,12,15);2*1H. The molecule has 1 amide bonds. The first-order valence-corrected chi connectivity index (χ1v) is 6.00. The molecule has 18 heavy (non-hydrogen) atoms.